The molecule has 172 valence electrons. The molecule has 0 saturated heterocycles. The van der Waals surface area contributed by atoms with Crippen molar-refractivity contribution in [2.24, 2.45) is 0 Å². The van der Waals surface area contributed by atoms with E-state index in [2.05, 4.69) is 65.8 Å². The molecule has 1 aromatic heterocycles. The van der Waals surface area contributed by atoms with Gasteiger partial charge in [0, 0.05) is 31.4 Å². The van der Waals surface area contributed by atoms with Gasteiger partial charge in [-0.2, -0.15) is 0 Å². The average Bonchev–Trinajstić information content (AvgIpc) is 2.80. The normalized spacial score (nSPS) is 10.2. The zero-order valence-corrected chi connectivity index (χ0v) is 20.5. The first-order chi connectivity index (χ1) is 15.4. The van der Waals surface area contributed by atoms with E-state index in [1.165, 1.54) is 109 Å². The molecule has 0 atom stereocenters. The maximum Gasteiger partial charge on any atom is 0.168 e. The van der Waals surface area contributed by atoms with Gasteiger partial charge in [-0.25, -0.2) is 4.57 Å². The first kappa shape index (κ1) is 27.3. The van der Waals surface area contributed by atoms with Crippen LogP contribution in [0.15, 0.2) is 30.6 Å². The quantitative estimate of drug-likeness (QED) is 0.120. The highest BCUT2D eigenvalue weighted by molar-refractivity contribution is 5.25. The van der Waals surface area contributed by atoms with E-state index in [1.54, 1.807) is 0 Å². The first-order valence-electron chi connectivity index (χ1n) is 13.3. The summed E-state index contributed by atoms with van der Waals surface area (Å²) < 4.78 is 2.28. The molecule has 1 heteroatoms. The lowest BCUT2D eigenvalue weighted by Crippen LogP contribution is -2.32. The van der Waals surface area contributed by atoms with Gasteiger partial charge in [0.05, 0.1) is 0 Å². The molecule has 0 amide bonds. The van der Waals surface area contributed by atoms with Crippen LogP contribution >= 0.6 is 0 Å². The van der Waals surface area contributed by atoms with Crippen LogP contribution in [0.5, 0.6) is 0 Å². The highest BCUT2D eigenvalue weighted by atomic mass is 14.9. The van der Waals surface area contributed by atoms with Crippen LogP contribution in [0, 0.1) is 23.7 Å². The van der Waals surface area contributed by atoms with E-state index in [1.807, 2.05) is 0 Å². The van der Waals surface area contributed by atoms with Crippen molar-refractivity contribution < 1.29 is 4.57 Å². The van der Waals surface area contributed by atoms with Crippen LogP contribution in [-0.4, -0.2) is 0 Å². The topological polar surface area (TPSA) is 3.88 Å². The van der Waals surface area contributed by atoms with Crippen molar-refractivity contribution >= 4 is 0 Å². The molecule has 0 spiro atoms. The van der Waals surface area contributed by atoms with E-state index in [4.69, 9.17) is 0 Å². The van der Waals surface area contributed by atoms with Gasteiger partial charge in [-0.15, -0.1) is 0 Å². The number of hydrogen-bond donors (Lipinski definition) is 0. The molecule has 1 rings (SSSR count). The second-order valence-electron chi connectivity index (χ2n) is 8.87. The average molecular weight is 423 g/mol. The van der Waals surface area contributed by atoms with Crippen molar-refractivity contribution in [2.45, 2.75) is 135 Å². The summed E-state index contributed by atoms with van der Waals surface area (Å²) in [6, 6.07) is 6.28. The number of pyridine rings is 1. The third-order valence-electron chi connectivity index (χ3n) is 5.89. The lowest BCUT2D eigenvalue weighted by Gasteiger charge is -2.00. The maximum atomic E-state index is 3.23. The maximum absolute atomic E-state index is 3.23. The van der Waals surface area contributed by atoms with Gasteiger partial charge in [0.25, 0.3) is 0 Å². The summed E-state index contributed by atoms with van der Waals surface area (Å²) in [6.45, 7) is 3.43. The van der Waals surface area contributed by atoms with Crippen molar-refractivity contribution in [2.75, 3.05) is 0 Å². The molecule has 0 saturated carbocycles. The van der Waals surface area contributed by atoms with Gasteiger partial charge in [0.2, 0.25) is 0 Å². The molecular weight excluding hydrogens is 374 g/mol. The fourth-order valence-corrected chi connectivity index (χ4v) is 3.89. The van der Waals surface area contributed by atoms with Gasteiger partial charge < -0.3 is 0 Å². The molecular formula is C30H48N+. The Hall–Kier alpha value is -1.73. The predicted molar refractivity (Wildman–Crippen MR) is 136 cm³/mol. The molecule has 0 aliphatic rings. The van der Waals surface area contributed by atoms with Crippen molar-refractivity contribution in [1.82, 2.24) is 0 Å². The Morgan fingerprint density at radius 1 is 0.484 bits per heavy atom. The largest absolute Gasteiger partial charge is 0.205 e. The van der Waals surface area contributed by atoms with Gasteiger partial charge in [0.1, 0.15) is 6.54 Å². The number of hydrogen-bond acceptors (Lipinski definition) is 0. The molecule has 0 aliphatic carbocycles. The van der Waals surface area contributed by atoms with Crippen LogP contribution in [0.3, 0.4) is 0 Å². The predicted octanol–water partition coefficient (Wildman–Crippen LogP) is 8.41. The Morgan fingerprint density at radius 2 is 0.903 bits per heavy atom. The Morgan fingerprint density at radius 3 is 1.39 bits per heavy atom. The molecule has 0 bridgehead atoms. The van der Waals surface area contributed by atoms with Crippen LogP contribution in [0.25, 0.3) is 0 Å². The zero-order chi connectivity index (χ0) is 22.1. The second-order valence-corrected chi connectivity index (χ2v) is 8.87. The van der Waals surface area contributed by atoms with E-state index < -0.39 is 0 Å². The highest BCUT2D eigenvalue weighted by Crippen LogP contribution is 2.11. The van der Waals surface area contributed by atoms with Crippen LogP contribution in [0.4, 0.5) is 0 Å². The van der Waals surface area contributed by atoms with Gasteiger partial charge in [0.15, 0.2) is 12.4 Å². The molecule has 0 fully saturated rings. The molecule has 31 heavy (non-hydrogen) atoms. The van der Waals surface area contributed by atoms with E-state index in [-0.39, 0.29) is 0 Å². The summed E-state index contributed by atoms with van der Waals surface area (Å²) >= 11 is 0. The summed E-state index contributed by atoms with van der Waals surface area (Å²) in [5, 5.41) is 0. The Bertz CT molecular complexity index is 611. The van der Waals surface area contributed by atoms with Gasteiger partial charge >= 0.3 is 0 Å². The van der Waals surface area contributed by atoms with Crippen LogP contribution in [0.1, 0.15) is 129 Å². The molecule has 1 nitrogen and oxygen atoms in total. The molecule has 0 aliphatic heterocycles. The van der Waals surface area contributed by atoms with E-state index >= 15 is 0 Å². The Kier molecular flexibility index (Phi) is 20.2. The molecule has 0 radical (unpaired) electrons. The molecule has 0 N–H and O–H groups in total. The second kappa shape index (κ2) is 22.9. The van der Waals surface area contributed by atoms with Crippen LogP contribution in [-0.2, 0) is 6.54 Å². The molecule has 0 aromatic carbocycles. The van der Waals surface area contributed by atoms with Crippen molar-refractivity contribution in [3.05, 3.63) is 30.6 Å². The molecule has 1 aromatic rings. The number of unbranched alkanes of at least 4 members (excludes halogenated alkanes) is 17. The first-order valence-corrected chi connectivity index (χ1v) is 13.3. The van der Waals surface area contributed by atoms with Crippen molar-refractivity contribution in [3.8, 4) is 23.7 Å². The highest BCUT2D eigenvalue weighted by Gasteiger charge is 1.97. The minimum Gasteiger partial charge on any atom is -0.205 e. The summed E-state index contributed by atoms with van der Waals surface area (Å²) in [6.07, 6.45) is 29.5. The number of nitrogens with zero attached hydrogens (tertiary/aromatic N) is 1. The van der Waals surface area contributed by atoms with Gasteiger partial charge in [-0.1, -0.05) is 108 Å². The summed E-state index contributed by atoms with van der Waals surface area (Å²) in [4.78, 5) is 0. The van der Waals surface area contributed by atoms with E-state index in [0.717, 1.165) is 19.4 Å². The lowest BCUT2D eigenvalue weighted by atomic mass is 10.1. The van der Waals surface area contributed by atoms with Crippen LogP contribution < -0.4 is 4.57 Å². The third kappa shape index (κ3) is 20.0. The summed E-state index contributed by atoms with van der Waals surface area (Å²) in [5.74, 6) is 12.5. The summed E-state index contributed by atoms with van der Waals surface area (Å²) in [5.41, 5.74) is 0. The molecule has 0 unspecified atom stereocenters. The number of aromatic nitrogens is 1. The number of aryl methyl sites for hydroxylation is 1. The Balaban J connectivity index is 1.78. The van der Waals surface area contributed by atoms with E-state index in [9.17, 15) is 0 Å². The van der Waals surface area contributed by atoms with Gasteiger partial charge in [-0.3, -0.25) is 0 Å². The third-order valence-corrected chi connectivity index (χ3v) is 5.89. The van der Waals surface area contributed by atoms with Crippen LogP contribution in [0.2, 0.25) is 0 Å². The fourth-order valence-electron chi connectivity index (χ4n) is 3.89. The lowest BCUT2D eigenvalue weighted by molar-refractivity contribution is -0.697. The van der Waals surface area contributed by atoms with Crippen molar-refractivity contribution in [3.63, 3.8) is 0 Å². The minimum absolute atomic E-state index is 1.01. The smallest absolute Gasteiger partial charge is 0.168 e. The van der Waals surface area contributed by atoms with Crippen molar-refractivity contribution in [1.29, 1.82) is 0 Å². The minimum atomic E-state index is 1.01. The van der Waals surface area contributed by atoms with Gasteiger partial charge in [-0.05, 0) is 31.1 Å². The summed E-state index contributed by atoms with van der Waals surface area (Å²) in [7, 11) is 0. The molecule has 1 heterocycles. The Labute approximate surface area is 194 Å². The number of rotatable bonds is 19. The zero-order valence-electron chi connectivity index (χ0n) is 20.5. The fraction of sp³-hybridized carbons (Fsp3) is 0.700. The standard InChI is InChI=1S/C30H48N/c1-2-3-4-5-6-7-8-9-10-11-12-13-14-15-16-17-18-19-20-21-22-23-25-28-31-29-26-24-27-30-31/h24,26-27,29-30H,2-12,17-23,25,28H2,1H3/q+1. The monoisotopic (exact) mass is 422 g/mol. The SMILES string of the molecule is CCCCCCCCCCCCC#CC#CCCCCCCCCC[n+]1ccccc1. The van der Waals surface area contributed by atoms with E-state index in [0.29, 0.717) is 0 Å².